The van der Waals surface area contributed by atoms with Crippen LogP contribution in [-0.4, -0.2) is 49.0 Å². The number of alkyl halides is 3. The summed E-state index contributed by atoms with van der Waals surface area (Å²) in [6.07, 6.45) is -7.19. The van der Waals surface area contributed by atoms with Gasteiger partial charge in [0.25, 0.3) is 0 Å². The van der Waals surface area contributed by atoms with E-state index in [0.717, 1.165) is 0 Å². The Morgan fingerprint density at radius 1 is 1.21 bits per heavy atom. The lowest BCUT2D eigenvalue weighted by molar-refractivity contribution is -0.207. The van der Waals surface area contributed by atoms with Gasteiger partial charge in [0, 0.05) is 23.8 Å². The fourth-order valence-electron chi connectivity index (χ4n) is 3.33. The molecule has 2 aromatic carbocycles. The SMILES string of the molecule is Cl.N#Cc1ccc(O[C@H]2CCCN(CC(OC(=O)Nc3ccc(Cl)cc3)C(F)(F)F)C2)cc1. The molecule has 0 spiro atoms. The molecule has 11 heteroatoms. The molecule has 2 atom stereocenters. The molecule has 3 rings (SSSR count). The molecule has 1 amide bonds. The Hall–Kier alpha value is -2.67. The van der Waals surface area contributed by atoms with Gasteiger partial charge in [0.1, 0.15) is 11.9 Å². The van der Waals surface area contributed by atoms with Crippen molar-refractivity contribution in [3.05, 3.63) is 59.1 Å². The molecule has 0 bridgehead atoms. The number of anilines is 1. The van der Waals surface area contributed by atoms with Crippen molar-refractivity contribution >= 4 is 35.8 Å². The predicted octanol–water partition coefficient (Wildman–Crippen LogP) is 5.66. The minimum absolute atomic E-state index is 0. The van der Waals surface area contributed by atoms with E-state index in [1.54, 1.807) is 29.2 Å². The number of hydrogen-bond donors (Lipinski definition) is 1. The summed E-state index contributed by atoms with van der Waals surface area (Å²) in [5.41, 5.74) is 0.763. The molecule has 1 N–H and O–H groups in total. The van der Waals surface area contributed by atoms with Crippen LogP contribution in [0.15, 0.2) is 48.5 Å². The number of nitriles is 1. The lowest BCUT2D eigenvalue weighted by Gasteiger charge is -2.35. The van der Waals surface area contributed by atoms with Crippen molar-refractivity contribution in [1.29, 1.82) is 5.26 Å². The van der Waals surface area contributed by atoms with Gasteiger partial charge >= 0.3 is 12.3 Å². The molecular formula is C22H22Cl2F3N3O3. The summed E-state index contributed by atoms with van der Waals surface area (Å²) in [6.45, 7) is 0.196. The number of ether oxygens (including phenoxy) is 2. The third-order valence-corrected chi connectivity index (χ3v) is 5.13. The number of carbonyl (C=O) groups excluding carboxylic acids is 1. The summed E-state index contributed by atoms with van der Waals surface area (Å²) in [7, 11) is 0. The first-order valence-electron chi connectivity index (χ1n) is 9.92. The zero-order valence-electron chi connectivity index (χ0n) is 17.3. The standard InChI is InChI=1S/C22H21ClF3N3O3.ClH/c23-16-5-7-17(8-6-16)28-21(30)32-20(22(24,25)26)14-29-11-1-2-19(13-29)31-18-9-3-15(12-27)4-10-18;/h3-10,19-20H,1-2,11,13-14H2,(H,28,30);1H/t19-,20?;/m0./s1. The average Bonchev–Trinajstić information content (AvgIpc) is 2.75. The Bertz CT molecular complexity index is 951. The lowest BCUT2D eigenvalue weighted by Crippen LogP contribution is -2.49. The maximum atomic E-state index is 13.5. The number of nitrogens with one attached hydrogen (secondary N) is 1. The molecule has 1 unspecified atom stereocenters. The number of carbonyl (C=O) groups is 1. The van der Waals surface area contributed by atoms with Crippen molar-refractivity contribution < 1.29 is 27.4 Å². The van der Waals surface area contributed by atoms with Crippen LogP contribution in [0, 0.1) is 11.3 Å². The minimum atomic E-state index is -4.72. The highest BCUT2D eigenvalue weighted by atomic mass is 35.5. The highest BCUT2D eigenvalue weighted by Gasteiger charge is 2.44. The van der Waals surface area contributed by atoms with E-state index in [4.69, 9.17) is 26.3 Å². The van der Waals surface area contributed by atoms with Crippen LogP contribution in [0.4, 0.5) is 23.7 Å². The van der Waals surface area contributed by atoms with Gasteiger partial charge < -0.3 is 9.47 Å². The number of hydrogen-bond acceptors (Lipinski definition) is 5. The highest BCUT2D eigenvalue weighted by Crippen LogP contribution is 2.26. The monoisotopic (exact) mass is 503 g/mol. The Morgan fingerprint density at radius 2 is 1.88 bits per heavy atom. The molecule has 1 saturated heterocycles. The minimum Gasteiger partial charge on any atom is -0.489 e. The number of benzene rings is 2. The third kappa shape index (κ3) is 8.31. The predicted molar refractivity (Wildman–Crippen MR) is 120 cm³/mol. The zero-order valence-corrected chi connectivity index (χ0v) is 18.9. The van der Waals surface area contributed by atoms with Crippen LogP contribution in [-0.2, 0) is 4.74 Å². The Morgan fingerprint density at radius 3 is 2.48 bits per heavy atom. The third-order valence-electron chi connectivity index (χ3n) is 4.88. The maximum Gasteiger partial charge on any atom is 0.426 e. The molecule has 0 aromatic heterocycles. The van der Waals surface area contributed by atoms with E-state index in [0.29, 0.717) is 35.7 Å². The summed E-state index contributed by atoms with van der Waals surface area (Å²) in [4.78, 5) is 13.6. The van der Waals surface area contributed by atoms with Gasteiger partial charge in [0.15, 0.2) is 0 Å². The first kappa shape index (κ1) is 26.6. The fourth-order valence-corrected chi connectivity index (χ4v) is 3.45. The van der Waals surface area contributed by atoms with Gasteiger partial charge in [-0.15, -0.1) is 12.4 Å². The maximum absolute atomic E-state index is 13.5. The molecule has 178 valence electrons. The van der Waals surface area contributed by atoms with Gasteiger partial charge in [-0.05, 0) is 67.9 Å². The number of likely N-dealkylation sites (tertiary alicyclic amines) is 1. The van der Waals surface area contributed by atoms with Crippen LogP contribution in [0.3, 0.4) is 0 Å². The van der Waals surface area contributed by atoms with Crippen molar-refractivity contribution in [2.75, 3.05) is 25.0 Å². The molecule has 1 aliphatic heterocycles. The summed E-state index contributed by atoms with van der Waals surface area (Å²) in [5.74, 6) is 0.543. The molecular weight excluding hydrogens is 482 g/mol. The first-order valence-corrected chi connectivity index (χ1v) is 10.3. The molecule has 6 nitrogen and oxygen atoms in total. The van der Waals surface area contributed by atoms with Crippen molar-refractivity contribution in [2.45, 2.75) is 31.2 Å². The van der Waals surface area contributed by atoms with Crippen molar-refractivity contribution in [3.8, 4) is 11.8 Å². The van der Waals surface area contributed by atoms with Crippen molar-refractivity contribution in [1.82, 2.24) is 4.90 Å². The Kier molecular flexibility index (Phi) is 9.65. The summed E-state index contributed by atoms with van der Waals surface area (Å²) >= 11 is 5.76. The Labute approximate surface area is 200 Å². The summed E-state index contributed by atoms with van der Waals surface area (Å²) < 4.78 is 51.2. The van der Waals surface area contributed by atoms with Gasteiger partial charge in [-0.2, -0.15) is 18.4 Å². The quantitative estimate of drug-likeness (QED) is 0.550. The summed E-state index contributed by atoms with van der Waals surface area (Å²) in [6, 6.07) is 14.5. The number of halogens is 5. The second kappa shape index (κ2) is 12.0. The molecule has 2 aromatic rings. The lowest BCUT2D eigenvalue weighted by atomic mass is 10.1. The van der Waals surface area contributed by atoms with E-state index < -0.39 is 24.9 Å². The molecule has 0 saturated carbocycles. The normalized spacial score (nSPS) is 17.2. The largest absolute Gasteiger partial charge is 0.489 e. The van der Waals surface area contributed by atoms with Crippen molar-refractivity contribution in [3.63, 3.8) is 0 Å². The van der Waals surface area contributed by atoms with Crippen LogP contribution < -0.4 is 10.1 Å². The van der Waals surface area contributed by atoms with Crippen LogP contribution in [0.1, 0.15) is 18.4 Å². The number of piperidine rings is 1. The smallest absolute Gasteiger partial charge is 0.426 e. The fraction of sp³-hybridized carbons (Fsp3) is 0.364. The van der Waals surface area contributed by atoms with Crippen molar-refractivity contribution in [2.24, 2.45) is 0 Å². The molecule has 1 aliphatic rings. The first-order chi connectivity index (χ1) is 15.2. The van der Waals surface area contributed by atoms with E-state index in [9.17, 15) is 18.0 Å². The van der Waals surface area contributed by atoms with Gasteiger partial charge in [0.2, 0.25) is 6.10 Å². The van der Waals surface area contributed by atoms with Crippen LogP contribution >= 0.6 is 24.0 Å². The number of rotatable bonds is 6. The van der Waals surface area contributed by atoms with Gasteiger partial charge in [-0.1, -0.05) is 11.6 Å². The molecule has 33 heavy (non-hydrogen) atoms. The zero-order chi connectivity index (χ0) is 23.1. The van der Waals surface area contributed by atoms with E-state index in [1.165, 1.54) is 24.3 Å². The molecule has 1 heterocycles. The molecule has 0 radical (unpaired) electrons. The van der Waals surface area contributed by atoms with E-state index in [-0.39, 0.29) is 30.7 Å². The highest BCUT2D eigenvalue weighted by molar-refractivity contribution is 6.30. The molecule has 0 aliphatic carbocycles. The number of nitrogens with zero attached hydrogens (tertiary/aromatic N) is 2. The second-order valence-corrected chi connectivity index (χ2v) is 7.78. The average molecular weight is 504 g/mol. The molecule has 1 fully saturated rings. The van der Waals surface area contributed by atoms with E-state index in [2.05, 4.69) is 5.32 Å². The van der Waals surface area contributed by atoms with Gasteiger partial charge in [0.05, 0.1) is 11.6 Å². The summed E-state index contributed by atoms with van der Waals surface area (Å²) in [5, 5.41) is 11.6. The number of amides is 1. The topological polar surface area (TPSA) is 74.6 Å². The Balaban J connectivity index is 0.00000385. The second-order valence-electron chi connectivity index (χ2n) is 7.35. The van der Waals surface area contributed by atoms with Crippen LogP contribution in [0.2, 0.25) is 5.02 Å². The van der Waals surface area contributed by atoms with Gasteiger partial charge in [-0.25, -0.2) is 4.79 Å². The van der Waals surface area contributed by atoms with E-state index in [1.807, 2.05) is 6.07 Å². The van der Waals surface area contributed by atoms with E-state index >= 15 is 0 Å². The van der Waals surface area contributed by atoms with Crippen LogP contribution in [0.5, 0.6) is 5.75 Å². The van der Waals surface area contributed by atoms with Crippen LogP contribution in [0.25, 0.3) is 0 Å². The van der Waals surface area contributed by atoms with Gasteiger partial charge in [-0.3, -0.25) is 10.2 Å².